The first-order valence-corrected chi connectivity index (χ1v) is 7.81. The summed E-state index contributed by atoms with van der Waals surface area (Å²) in [4.78, 5) is 13.8. The van der Waals surface area contributed by atoms with Crippen LogP contribution in [0.1, 0.15) is 34.6 Å². The number of carbonyl (C=O) groups is 1. The number of halogens is 4. The SMILES string of the molecule is CC(c1cc2ccccc2o1)N(C)C(=O)c1ccc(F)c(C(F)(F)F)c1. The van der Waals surface area contributed by atoms with Gasteiger partial charge in [-0.3, -0.25) is 4.79 Å². The van der Waals surface area contributed by atoms with Crippen molar-refractivity contribution in [3.8, 4) is 0 Å². The average Bonchev–Trinajstić information content (AvgIpc) is 3.03. The molecule has 3 aromatic rings. The summed E-state index contributed by atoms with van der Waals surface area (Å²) in [5.41, 5.74) is -1.06. The smallest absolute Gasteiger partial charge is 0.419 e. The van der Waals surface area contributed by atoms with Crippen LogP contribution in [0, 0.1) is 5.82 Å². The normalized spacial score (nSPS) is 13.0. The molecule has 2 aromatic carbocycles. The van der Waals surface area contributed by atoms with Crippen LogP contribution in [0.4, 0.5) is 17.6 Å². The van der Waals surface area contributed by atoms with E-state index in [0.717, 1.165) is 11.5 Å². The van der Waals surface area contributed by atoms with Gasteiger partial charge < -0.3 is 9.32 Å². The predicted octanol–water partition coefficient (Wildman–Crippen LogP) is 5.42. The van der Waals surface area contributed by atoms with Gasteiger partial charge in [0.05, 0.1) is 11.6 Å². The number of nitrogens with zero attached hydrogens (tertiary/aromatic N) is 1. The maximum atomic E-state index is 13.4. The molecule has 0 aliphatic rings. The summed E-state index contributed by atoms with van der Waals surface area (Å²) in [6.07, 6.45) is -4.87. The Labute approximate surface area is 146 Å². The van der Waals surface area contributed by atoms with Crippen LogP contribution < -0.4 is 0 Å². The lowest BCUT2D eigenvalue weighted by atomic mass is 10.1. The summed E-state index contributed by atoms with van der Waals surface area (Å²) in [5, 5.41) is 0.858. The van der Waals surface area contributed by atoms with Crippen molar-refractivity contribution < 1.29 is 26.8 Å². The number of furan rings is 1. The minimum Gasteiger partial charge on any atom is -0.459 e. The number of benzene rings is 2. The number of carbonyl (C=O) groups excluding carboxylic acids is 1. The van der Waals surface area contributed by atoms with Crippen LogP contribution in [-0.4, -0.2) is 17.9 Å². The van der Waals surface area contributed by atoms with Crippen molar-refractivity contribution >= 4 is 16.9 Å². The molecule has 1 unspecified atom stereocenters. The molecule has 0 spiro atoms. The molecule has 0 saturated carbocycles. The first-order valence-electron chi connectivity index (χ1n) is 7.81. The van der Waals surface area contributed by atoms with Crippen molar-refractivity contribution in [3.05, 3.63) is 71.2 Å². The minimum atomic E-state index is -4.87. The molecule has 136 valence electrons. The zero-order valence-corrected chi connectivity index (χ0v) is 14.0. The van der Waals surface area contributed by atoms with Gasteiger partial charge in [-0.05, 0) is 37.3 Å². The van der Waals surface area contributed by atoms with E-state index < -0.39 is 29.5 Å². The number of amides is 1. The van der Waals surface area contributed by atoms with E-state index >= 15 is 0 Å². The van der Waals surface area contributed by atoms with Gasteiger partial charge in [0.2, 0.25) is 0 Å². The molecule has 1 atom stereocenters. The van der Waals surface area contributed by atoms with Crippen LogP contribution in [0.5, 0.6) is 0 Å². The summed E-state index contributed by atoms with van der Waals surface area (Å²) in [5.74, 6) is -1.58. The Morgan fingerprint density at radius 2 is 1.81 bits per heavy atom. The lowest BCUT2D eigenvalue weighted by Gasteiger charge is -2.23. The van der Waals surface area contributed by atoms with Crippen LogP contribution in [0.3, 0.4) is 0 Å². The fraction of sp³-hybridized carbons (Fsp3) is 0.211. The van der Waals surface area contributed by atoms with Gasteiger partial charge in [0, 0.05) is 18.0 Å². The predicted molar refractivity (Wildman–Crippen MR) is 88.1 cm³/mol. The highest BCUT2D eigenvalue weighted by Crippen LogP contribution is 2.33. The van der Waals surface area contributed by atoms with Gasteiger partial charge in [0.25, 0.3) is 5.91 Å². The number of alkyl halides is 3. The van der Waals surface area contributed by atoms with Gasteiger partial charge in [-0.2, -0.15) is 13.2 Å². The molecule has 0 saturated heterocycles. The number of hydrogen-bond acceptors (Lipinski definition) is 2. The molecule has 0 bridgehead atoms. The van der Waals surface area contributed by atoms with Gasteiger partial charge in [-0.1, -0.05) is 18.2 Å². The van der Waals surface area contributed by atoms with Gasteiger partial charge in [-0.15, -0.1) is 0 Å². The fourth-order valence-electron chi connectivity index (χ4n) is 2.65. The van der Waals surface area contributed by atoms with Gasteiger partial charge in [-0.25, -0.2) is 4.39 Å². The largest absolute Gasteiger partial charge is 0.459 e. The zero-order valence-electron chi connectivity index (χ0n) is 14.0. The van der Waals surface area contributed by atoms with E-state index in [1.807, 2.05) is 18.2 Å². The van der Waals surface area contributed by atoms with Crippen LogP contribution in [0.25, 0.3) is 11.0 Å². The standard InChI is InChI=1S/C19H15F4NO2/c1-11(17-10-12-5-3-4-6-16(12)26-17)24(2)18(25)13-7-8-15(20)14(9-13)19(21,22)23/h3-11H,1-2H3. The Balaban J connectivity index is 1.89. The second kappa shape index (κ2) is 6.48. The molecule has 0 radical (unpaired) electrons. The van der Waals surface area contributed by atoms with E-state index in [-0.39, 0.29) is 5.56 Å². The van der Waals surface area contributed by atoms with E-state index in [0.29, 0.717) is 23.5 Å². The summed E-state index contributed by atoms with van der Waals surface area (Å²) in [7, 11) is 1.46. The second-order valence-corrected chi connectivity index (χ2v) is 5.97. The molecule has 26 heavy (non-hydrogen) atoms. The van der Waals surface area contributed by atoms with Crippen molar-refractivity contribution in [3.63, 3.8) is 0 Å². The molecule has 0 N–H and O–H groups in total. The van der Waals surface area contributed by atoms with E-state index in [9.17, 15) is 22.4 Å². The number of para-hydroxylation sites is 1. The molecule has 1 aromatic heterocycles. The third-order valence-electron chi connectivity index (χ3n) is 4.28. The average molecular weight is 365 g/mol. The molecule has 0 aliphatic heterocycles. The van der Waals surface area contributed by atoms with E-state index in [4.69, 9.17) is 4.42 Å². The second-order valence-electron chi connectivity index (χ2n) is 5.97. The maximum absolute atomic E-state index is 13.4. The topological polar surface area (TPSA) is 33.5 Å². The monoisotopic (exact) mass is 365 g/mol. The van der Waals surface area contributed by atoms with Crippen molar-refractivity contribution in [1.29, 1.82) is 0 Å². The first kappa shape index (κ1) is 18.0. The molecule has 3 rings (SSSR count). The van der Waals surface area contributed by atoms with Gasteiger partial charge in [0.15, 0.2) is 0 Å². The Hall–Kier alpha value is -2.83. The van der Waals surface area contributed by atoms with Crippen LogP contribution in [0.15, 0.2) is 52.9 Å². The van der Waals surface area contributed by atoms with Crippen molar-refractivity contribution in [2.45, 2.75) is 19.1 Å². The third kappa shape index (κ3) is 3.29. The first-order chi connectivity index (χ1) is 12.2. The van der Waals surface area contributed by atoms with E-state index in [1.165, 1.54) is 11.9 Å². The highest BCUT2D eigenvalue weighted by atomic mass is 19.4. The van der Waals surface area contributed by atoms with Crippen molar-refractivity contribution in [2.24, 2.45) is 0 Å². The van der Waals surface area contributed by atoms with E-state index in [2.05, 4.69) is 0 Å². The summed E-state index contributed by atoms with van der Waals surface area (Å²) < 4.78 is 57.7. The summed E-state index contributed by atoms with van der Waals surface area (Å²) in [6.45, 7) is 1.70. The zero-order chi connectivity index (χ0) is 19.1. The van der Waals surface area contributed by atoms with E-state index in [1.54, 1.807) is 19.1 Å². The minimum absolute atomic E-state index is 0.246. The molecule has 3 nitrogen and oxygen atoms in total. The summed E-state index contributed by atoms with van der Waals surface area (Å²) in [6, 6.07) is 10.8. The Bertz CT molecular complexity index is 929. The molecular formula is C19H15F4NO2. The Kier molecular flexibility index (Phi) is 4.48. The third-order valence-corrected chi connectivity index (χ3v) is 4.28. The number of fused-ring (bicyclic) bond motifs is 1. The van der Waals surface area contributed by atoms with Crippen molar-refractivity contribution in [2.75, 3.05) is 7.05 Å². The highest BCUT2D eigenvalue weighted by molar-refractivity contribution is 5.94. The van der Waals surface area contributed by atoms with Crippen LogP contribution in [0.2, 0.25) is 0 Å². The van der Waals surface area contributed by atoms with Gasteiger partial charge in [0.1, 0.15) is 17.2 Å². The molecule has 0 aliphatic carbocycles. The molecule has 7 heteroatoms. The quantitative estimate of drug-likeness (QED) is 0.581. The van der Waals surface area contributed by atoms with Crippen LogP contribution >= 0.6 is 0 Å². The molecule has 0 fully saturated rings. The Morgan fingerprint density at radius 1 is 1.12 bits per heavy atom. The van der Waals surface area contributed by atoms with Crippen molar-refractivity contribution in [1.82, 2.24) is 4.90 Å². The molecular weight excluding hydrogens is 350 g/mol. The number of rotatable bonds is 3. The maximum Gasteiger partial charge on any atom is 0.419 e. The molecule has 1 amide bonds. The Morgan fingerprint density at radius 3 is 2.46 bits per heavy atom. The molecule has 1 heterocycles. The lowest BCUT2D eigenvalue weighted by Crippen LogP contribution is -2.29. The highest BCUT2D eigenvalue weighted by Gasteiger charge is 2.35. The van der Waals surface area contributed by atoms with Crippen LogP contribution in [-0.2, 0) is 6.18 Å². The summed E-state index contributed by atoms with van der Waals surface area (Å²) >= 11 is 0. The lowest BCUT2D eigenvalue weighted by molar-refractivity contribution is -0.140. The fourth-order valence-corrected chi connectivity index (χ4v) is 2.65. The van der Waals surface area contributed by atoms with Gasteiger partial charge >= 0.3 is 6.18 Å². The number of hydrogen-bond donors (Lipinski definition) is 0.